The third-order valence-electron chi connectivity index (χ3n) is 2.77. The Hall–Kier alpha value is -1.96. The lowest BCUT2D eigenvalue weighted by molar-refractivity contribution is 0.451. The summed E-state index contributed by atoms with van der Waals surface area (Å²) in [5.74, 6) is 0.256. The second kappa shape index (κ2) is 3.89. The van der Waals surface area contributed by atoms with Crippen molar-refractivity contribution in [3.63, 3.8) is 0 Å². The number of phenols is 2. The highest BCUT2D eigenvalue weighted by Gasteiger charge is 2.13. The van der Waals surface area contributed by atoms with Crippen LogP contribution in [0.15, 0.2) is 36.4 Å². The highest BCUT2D eigenvalue weighted by Crippen LogP contribution is 2.40. The van der Waals surface area contributed by atoms with Crippen LogP contribution in [0, 0.1) is 13.8 Å². The monoisotopic (exact) mass is 214 g/mol. The molecule has 2 heteroatoms. The molecule has 0 fully saturated rings. The van der Waals surface area contributed by atoms with Crippen LogP contribution in [0.5, 0.6) is 11.5 Å². The summed E-state index contributed by atoms with van der Waals surface area (Å²) in [6.07, 6.45) is 0. The van der Waals surface area contributed by atoms with E-state index in [0.29, 0.717) is 5.56 Å². The van der Waals surface area contributed by atoms with Gasteiger partial charge in [-0.25, -0.2) is 0 Å². The van der Waals surface area contributed by atoms with Gasteiger partial charge in [0.1, 0.15) is 11.5 Å². The highest BCUT2D eigenvalue weighted by molar-refractivity contribution is 5.79. The molecule has 0 aliphatic heterocycles. The minimum Gasteiger partial charge on any atom is -0.507 e. The first kappa shape index (κ1) is 10.6. The van der Waals surface area contributed by atoms with E-state index in [2.05, 4.69) is 0 Å². The van der Waals surface area contributed by atoms with Crippen molar-refractivity contribution in [2.75, 3.05) is 0 Å². The number of rotatable bonds is 1. The van der Waals surface area contributed by atoms with Crippen molar-refractivity contribution >= 4 is 0 Å². The van der Waals surface area contributed by atoms with Crippen molar-refractivity contribution in [1.29, 1.82) is 0 Å². The van der Waals surface area contributed by atoms with E-state index in [1.54, 1.807) is 12.1 Å². The Kier molecular flexibility index (Phi) is 2.57. The Morgan fingerprint density at radius 3 is 2.19 bits per heavy atom. The molecule has 0 radical (unpaired) electrons. The standard InChI is InChI=1S/C14H14O2/c1-9-5-3-4-6-11(9)13-12(15)8-7-10(2)14(13)16/h3-8,15-16H,1-2H3. The average molecular weight is 214 g/mol. The van der Waals surface area contributed by atoms with E-state index in [-0.39, 0.29) is 11.5 Å². The first-order valence-electron chi connectivity index (χ1n) is 5.19. The van der Waals surface area contributed by atoms with Crippen molar-refractivity contribution in [2.45, 2.75) is 13.8 Å². The fraction of sp³-hybridized carbons (Fsp3) is 0.143. The van der Waals surface area contributed by atoms with E-state index >= 15 is 0 Å². The van der Waals surface area contributed by atoms with Gasteiger partial charge in [0.15, 0.2) is 0 Å². The zero-order valence-corrected chi connectivity index (χ0v) is 9.36. The number of hydrogen-bond donors (Lipinski definition) is 2. The molecule has 2 N–H and O–H groups in total. The van der Waals surface area contributed by atoms with Crippen LogP contribution >= 0.6 is 0 Å². The molecule has 2 rings (SSSR count). The molecule has 0 aliphatic carbocycles. The van der Waals surface area contributed by atoms with E-state index in [1.807, 2.05) is 38.1 Å². The fourth-order valence-electron chi connectivity index (χ4n) is 1.80. The van der Waals surface area contributed by atoms with Gasteiger partial charge in [-0.05, 0) is 36.6 Å². The summed E-state index contributed by atoms with van der Waals surface area (Å²) >= 11 is 0. The topological polar surface area (TPSA) is 40.5 Å². The molecule has 0 atom stereocenters. The third kappa shape index (κ3) is 1.63. The van der Waals surface area contributed by atoms with Crippen LogP contribution in [0.3, 0.4) is 0 Å². The lowest BCUT2D eigenvalue weighted by Gasteiger charge is -2.11. The largest absolute Gasteiger partial charge is 0.507 e. The number of aryl methyl sites for hydroxylation is 2. The van der Waals surface area contributed by atoms with Gasteiger partial charge in [-0.1, -0.05) is 30.3 Å². The summed E-state index contributed by atoms with van der Waals surface area (Å²) in [7, 11) is 0. The molecule has 2 aromatic rings. The molecule has 2 aromatic carbocycles. The number of benzene rings is 2. The maximum atomic E-state index is 10.00. The summed E-state index contributed by atoms with van der Waals surface area (Å²) < 4.78 is 0. The molecule has 0 aromatic heterocycles. The van der Waals surface area contributed by atoms with Gasteiger partial charge in [0, 0.05) is 0 Å². The summed E-state index contributed by atoms with van der Waals surface area (Å²) in [5.41, 5.74) is 3.16. The van der Waals surface area contributed by atoms with Gasteiger partial charge in [0.2, 0.25) is 0 Å². The molecule has 0 saturated carbocycles. The molecule has 0 bridgehead atoms. The fourth-order valence-corrected chi connectivity index (χ4v) is 1.80. The molecule has 0 unspecified atom stereocenters. The summed E-state index contributed by atoms with van der Waals surface area (Å²) in [5, 5.41) is 19.8. The summed E-state index contributed by atoms with van der Waals surface area (Å²) in [6, 6.07) is 11.0. The van der Waals surface area contributed by atoms with Crippen molar-refractivity contribution in [3.05, 3.63) is 47.5 Å². The van der Waals surface area contributed by atoms with Gasteiger partial charge in [-0.2, -0.15) is 0 Å². The second-order valence-corrected chi connectivity index (χ2v) is 3.94. The first-order chi connectivity index (χ1) is 7.61. The Labute approximate surface area is 94.8 Å². The number of hydrogen-bond acceptors (Lipinski definition) is 2. The van der Waals surface area contributed by atoms with Gasteiger partial charge in [-0.3, -0.25) is 0 Å². The lowest BCUT2D eigenvalue weighted by atomic mass is 9.97. The molecular weight excluding hydrogens is 200 g/mol. The van der Waals surface area contributed by atoms with Crippen LogP contribution in [-0.2, 0) is 0 Å². The van der Waals surface area contributed by atoms with Gasteiger partial charge >= 0.3 is 0 Å². The average Bonchev–Trinajstić information content (AvgIpc) is 2.27. The van der Waals surface area contributed by atoms with Crippen molar-refractivity contribution in [2.24, 2.45) is 0 Å². The summed E-state index contributed by atoms with van der Waals surface area (Å²) in [6.45, 7) is 3.77. The van der Waals surface area contributed by atoms with Gasteiger partial charge in [0.05, 0.1) is 5.56 Å². The third-order valence-corrected chi connectivity index (χ3v) is 2.77. The van der Waals surface area contributed by atoms with Crippen LogP contribution < -0.4 is 0 Å². The number of phenolic OH excluding ortho intramolecular Hbond substituents is 2. The highest BCUT2D eigenvalue weighted by atomic mass is 16.3. The molecular formula is C14H14O2. The molecule has 16 heavy (non-hydrogen) atoms. The van der Waals surface area contributed by atoms with Crippen LogP contribution in [0.4, 0.5) is 0 Å². The zero-order valence-electron chi connectivity index (χ0n) is 9.36. The molecule has 2 nitrogen and oxygen atoms in total. The maximum absolute atomic E-state index is 10.00. The Bertz CT molecular complexity index is 530. The Balaban J connectivity index is 2.74. The van der Waals surface area contributed by atoms with Crippen LogP contribution in [0.1, 0.15) is 11.1 Å². The quantitative estimate of drug-likeness (QED) is 0.764. The SMILES string of the molecule is Cc1ccccc1-c1c(O)ccc(C)c1O. The molecule has 0 aliphatic rings. The van der Waals surface area contributed by atoms with Crippen molar-refractivity contribution in [1.82, 2.24) is 0 Å². The van der Waals surface area contributed by atoms with Crippen molar-refractivity contribution < 1.29 is 10.2 Å². The molecule has 0 heterocycles. The van der Waals surface area contributed by atoms with Crippen LogP contribution in [0.2, 0.25) is 0 Å². The molecule has 0 spiro atoms. The summed E-state index contributed by atoms with van der Waals surface area (Å²) in [4.78, 5) is 0. The zero-order chi connectivity index (χ0) is 11.7. The van der Waals surface area contributed by atoms with Crippen LogP contribution in [0.25, 0.3) is 11.1 Å². The Morgan fingerprint density at radius 2 is 1.50 bits per heavy atom. The Morgan fingerprint density at radius 1 is 0.812 bits per heavy atom. The normalized spacial score (nSPS) is 10.4. The second-order valence-electron chi connectivity index (χ2n) is 3.94. The first-order valence-corrected chi connectivity index (χ1v) is 5.19. The number of aromatic hydroxyl groups is 2. The van der Waals surface area contributed by atoms with E-state index < -0.39 is 0 Å². The smallest absolute Gasteiger partial charge is 0.130 e. The lowest BCUT2D eigenvalue weighted by Crippen LogP contribution is -1.86. The van der Waals surface area contributed by atoms with Gasteiger partial charge in [-0.15, -0.1) is 0 Å². The van der Waals surface area contributed by atoms with Gasteiger partial charge in [0.25, 0.3) is 0 Å². The van der Waals surface area contributed by atoms with E-state index in [1.165, 1.54) is 0 Å². The van der Waals surface area contributed by atoms with E-state index in [4.69, 9.17) is 0 Å². The van der Waals surface area contributed by atoms with Gasteiger partial charge < -0.3 is 10.2 Å². The molecule has 82 valence electrons. The predicted molar refractivity (Wildman–Crippen MR) is 64.7 cm³/mol. The maximum Gasteiger partial charge on any atom is 0.130 e. The predicted octanol–water partition coefficient (Wildman–Crippen LogP) is 3.38. The minimum absolute atomic E-state index is 0.109. The van der Waals surface area contributed by atoms with Crippen molar-refractivity contribution in [3.8, 4) is 22.6 Å². The van der Waals surface area contributed by atoms with Crippen LogP contribution in [-0.4, -0.2) is 10.2 Å². The molecule has 0 amide bonds. The molecule has 0 saturated heterocycles. The minimum atomic E-state index is 0.109. The van der Waals surface area contributed by atoms with E-state index in [9.17, 15) is 10.2 Å². The van der Waals surface area contributed by atoms with E-state index in [0.717, 1.165) is 16.7 Å².